The molecular weight excluding hydrogens is 246 g/mol. The Morgan fingerprint density at radius 3 is 2.75 bits per heavy atom. The van der Waals surface area contributed by atoms with E-state index in [0.29, 0.717) is 18.1 Å². The number of ether oxygens (including phenoxy) is 1. The van der Waals surface area contributed by atoms with Gasteiger partial charge in [-0.15, -0.1) is 0 Å². The maximum Gasteiger partial charge on any atom is 0.0590 e. The fourth-order valence-corrected chi connectivity index (χ4v) is 3.24. The van der Waals surface area contributed by atoms with Crippen LogP contribution in [0.3, 0.4) is 0 Å². The predicted molar refractivity (Wildman–Crippen MR) is 85.0 cm³/mol. The lowest BCUT2D eigenvalue weighted by Gasteiger charge is -2.27. The van der Waals surface area contributed by atoms with Crippen molar-refractivity contribution in [3.63, 3.8) is 0 Å². The Hall–Kier alpha value is -0.860. The maximum atomic E-state index is 5.75. The quantitative estimate of drug-likeness (QED) is 0.779. The molecule has 112 valence electrons. The van der Waals surface area contributed by atoms with Gasteiger partial charge in [-0.2, -0.15) is 0 Å². The molecule has 0 radical (unpaired) electrons. The molecule has 0 amide bonds. The van der Waals surface area contributed by atoms with Crippen LogP contribution in [0.4, 0.5) is 0 Å². The molecule has 1 aromatic carbocycles. The van der Waals surface area contributed by atoms with E-state index in [1.807, 2.05) is 0 Å². The van der Waals surface area contributed by atoms with E-state index in [2.05, 4.69) is 49.5 Å². The second-order valence-corrected chi connectivity index (χ2v) is 5.97. The van der Waals surface area contributed by atoms with E-state index in [-0.39, 0.29) is 0 Å². The summed E-state index contributed by atoms with van der Waals surface area (Å²) in [5, 5.41) is 3.75. The smallest absolute Gasteiger partial charge is 0.0590 e. The zero-order valence-electron chi connectivity index (χ0n) is 13.0. The lowest BCUT2D eigenvalue weighted by molar-refractivity contribution is 0.0940. The minimum absolute atomic E-state index is 0.418. The summed E-state index contributed by atoms with van der Waals surface area (Å²) in [5.74, 6) is 0.692. The van der Waals surface area contributed by atoms with Gasteiger partial charge in [-0.05, 0) is 51.1 Å². The number of hydrogen-bond donors (Lipinski definition) is 1. The molecule has 2 heteroatoms. The van der Waals surface area contributed by atoms with Gasteiger partial charge in [0, 0.05) is 18.6 Å². The van der Waals surface area contributed by atoms with Crippen molar-refractivity contribution >= 4 is 0 Å². The van der Waals surface area contributed by atoms with Crippen LogP contribution < -0.4 is 5.32 Å². The highest BCUT2D eigenvalue weighted by molar-refractivity contribution is 5.14. The van der Waals surface area contributed by atoms with Gasteiger partial charge in [0.25, 0.3) is 0 Å². The summed E-state index contributed by atoms with van der Waals surface area (Å²) in [6.45, 7) is 6.53. The molecule has 0 spiro atoms. The second kappa shape index (κ2) is 8.43. The van der Waals surface area contributed by atoms with E-state index in [0.717, 1.165) is 13.2 Å². The molecule has 3 unspecified atom stereocenters. The van der Waals surface area contributed by atoms with Crippen molar-refractivity contribution in [2.45, 2.75) is 58.1 Å². The van der Waals surface area contributed by atoms with E-state index in [4.69, 9.17) is 4.74 Å². The molecule has 1 aliphatic heterocycles. The van der Waals surface area contributed by atoms with Crippen LogP contribution >= 0.6 is 0 Å². The Balaban J connectivity index is 1.81. The molecule has 20 heavy (non-hydrogen) atoms. The molecule has 0 bridgehead atoms. The average Bonchev–Trinajstić information content (AvgIpc) is 2.90. The number of benzene rings is 1. The summed E-state index contributed by atoms with van der Waals surface area (Å²) in [7, 11) is 0. The van der Waals surface area contributed by atoms with Crippen molar-refractivity contribution in [3.8, 4) is 0 Å². The van der Waals surface area contributed by atoms with Gasteiger partial charge in [0.15, 0.2) is 0 Å². The van der Waals surface area contributed by atoms with Gasteiger partial charge >= 0.3 is 0 Å². The molecule has 1 fully saturated rings. The third kappa shape index (κ3) is 4.60. The van der Waals surface area contributed by atoms with Crippen molar-refractivity contribution in [2.24, 2.45) is 5.92 Å². The molecule has 3 atom stereocenters. The first-order valence-corrected chi connectivity index (χ1v) is 8.20. The normalized spacial score (nSPS) is 23.9. The first-order chi connectivity index (χ1) is 9.81. The molecule has 1 aliphatic rings. The molecule has 1 N–H and O–H groups in total. The zero-order valence-corrected chi connectivity index (χ0v) is 13.0. The lowest BCUT2D eigenvalue weighted by atomic mass is 9.89. The van der Waals surface area contributed by atoms with Crippen molar-refractivity contribution in [3.05, 3.63) is 35.9 Å². The van der Waals surface area contributed by atoms with E-state index in [9.17, 15) is 0 Å². The van der Waals surface area contributed by atoms with Gasteiger partial charge in [-0.25, -0.2) is 0 Å². The molecular formula is C18H29NO. The SMILES string of the molecule is CCCNC(CCCc1ccccc1)C1CCOC1C. The molecule has 0 saturated carbocycles. The van der Waals surface area contributed by atoms with Crippen molar-refractivity contribution in [1.29, 1.82) is 0 Å². The highest BCUT2D eigenvalue weighted by Gasteiger charge is 2.30. The van der Waals surface area contributed by atoms with Crippen LogP contribution in [-0.2, 0) is 11.2 Å². The summed E-state index contributed by atoms with van der Waals surface area (Å²) >= 11 is 0. The Morgan fingerprint density at radius 1 is 1.30 bits per heavy atom. The second-order valence-electron chi connectivity index (χ2n) is 5.97. The van der Waals surface area contributed by atoms with E-state index in [1.165, 1.54) is 37.7 Å². The molecule has 1 saturated heterocycles. The monoisotopic (exact) mass is 275 g/mol. The number of nitrogens with one attached hydrogen (secondary N) is 1. The van der Waals surface area contributed by atoms with Gasteiger partial charge in [0.05, 0.1) is 6.10 Å². The van der Waals surface area contributed by atoms with Crippen LogP contribution in [0.2, 0.25) is 0 Å². The molecule has 0 aliphatic carbocycles. The molecule has 1 heterocycles. The highest BCUT2D eigenvalue weighted by Crippen LogP contribution is 2.26. The maximum absolute atomic E-state index is 5.75. The standard InChI is InChI=1S/C18H29NO/c1-3-13-19-18(17-12-14-20-15(17)2)11-7-10-16-8-5-4-6-9-16/h4-6,8-9,15,17-19H,3,7,10-14H2,1-2H3. The summed E-state index contributed by atoms with van der Waals surface area (Å²) in [5.41, 5.74) is 1.46. The Labute approximate surface area is 123 Å². The van der Waals surface area contributed by atoms with Crippen molar-refractivity contribution in [2.75, 3.05) is 13.2 Å². The van der Waals surface area contributed by atoms with Crippen molar-refractivity contribution in [1.82, 2.24) is 5.32 Å². The Kier molecular flexibility index (Phi) is 6.55. The Bertz CT molecular complexity index is 365. The summed E-state index contributed by atoms with van der Waals surface area (Å²) < 4.78 is 5.75. The summed E-state index contributed by atoms with van der Waals surface area (Å²) in [4.78, 5) is 0. The van der Waals surface area contributed by atoms with E-state index < -0.39 is 0 Å². The molecule has 1 aromatic rings. The zero-order chi connectivity index (χ0) is 14.2. The summed E-state index contributed by atoms with van der Waals surface area (Å²) in [6, 6.07) is 11.4. The largest absolute Gasteiger partial charge is 0.378 e. The van der Waals surface area contributed by atoms with Gasteiger partial charge in [0.1, 0.15) is 0 Å². The third-order valence-corrected chi connectivity index (χ3v) is 4.43. The van der Waals surface area contributed by atoms with Crippen LogP contribution in [0, 0.1) is 5.92 Å². The fourth-order valence-electron chi connectivity index (χ4n) is 3.24. The van der Waals surface area contributed by atoms with Crippen LogP contribution in [0.1, 0.15) is 45.1 Å². The number of aryl methyl sites for hydroxylation is 1. The Morgan fingerprint density at radius 2 is 2.10 bits per heavy atom. The van der Waals surface area contributed by atoms with Gasteiger partial charge in [0.2, 0.25) is 0 Å². The number of hydrogen-bond acceptors (Lipinski definition) is 2. The average molecular weight is 275 g/mol. The minimum atomic E-state index is 0.418. The minimum Gasteiger partial charge on any atom is -0.378 e. The molecule has 2 nitrogen and oxygen atoms in total. The topological polar surface area (TPSA) is 21.3 Å². The first-order valence-electron chi connectivity index (χ1n) is 8.20. The van der Waals surface area contributed by atoms with Gasteiger partial charge < -0.3 is 10.1 Å². The van der Waals surface area contributed by atoms with Gasteiger partial charge in [-0.3, -0.25) is 0 Å². The third-order valence-electron chi connectivity index (χ3n) is 4.43. The highest BCUT2D eigenvalue weighted by atomic mass is 16.5. The number of rotatable bonds is 8. The van der Waals surface area contributed by atoms with E-state index in [1.54, 1.807) is 0 Å². The fraction of sp³-hybridized carbons (Fsp3) is 0.667. The molecule has 2 rings (SSSR count). The van der Waals surface area contributed by atoms with Crippen LogP contribution in [0.5, 0.6) is 0 Å². The summed E-state index contributed by atoms with van der Waals surface area (Å²) in [6.07, 6.45) is 6.54. The predicted octanol–water partition coefficient (Wildman–Crippen LogP) is 3.80. The van der Waals surface area contributed by atoms with Gasteiger partial charge in [-0.1, -0.05) is 37.3 Å². The van der Waals surface area contributed by atoms with Crippen LogP contribution in [0.15, 0.2) is 30.3 Å². The first kappa shape index (κ1) is 15.5. The van der Waals surface area contributed by atoms with Crippen LogP contribution in [0.25, 0.3) is 0 Å². The molecule has 0 aromatic heterocycles. The lowest BCUT2D eigenvalue weighted by Crippen LogP contribution is -2.39. The van der Waals surface area contributed by atoms with Crippen LogP contribution in [-0.4, -0.2) is 25.3 Å². The van der Waals surface area contributed by atoms with E-state index >= 15 is 0 Å². The van der Waals surface area contributed by atoms with Crippen molar-refractivity contribution < 1.29 is 4.74 Å².